The van der Waals surface area contributed by atoms with Crippen molar-refractivity contribution in [2.45, 2.75) is 32.1 Å². The van der Waals surface area contributed by atoms with Crippen LogP contribution in [0.4, 0.5) is 0 Å². The number of fused-ring (bicyclic) bond motifs is 3. The van der Waals surface area contributed by atoms with E-state index in [-0.39, 0.29) is 0 Å². The fourth-order valence-electron chi connectivity index (χ4n) is 3.67. The summed E-state index contributed by atoms with van der Waals surface area (Å²) < 4.78 is 0. The highest BCUT2D eigenvalue weighted by Crippen LogP contribution is 2.44. The molecule has 1 fully saturated rings. The maximum atomic E-state index is 10.1. The Morgan fingerprint density at radius 2 is 2.24 bits per heavy atom. The van der Waals surface area contributed by atoms with Gasteiger partial charge < -0.3 is 10.0 Å². The second-order valence-corrected chi connectivity index (χ2v) is 5.51. The molecule has 2 nitrogen and oxygen atoms in total. The van der Waals surface area contributed by atoms with Crippen LogP contribution >= 0.6 is 0 Å². The maximum Gasteiger partial charge on any atom is 0.119 e. The summed E-state index contributed by atoms with van der Waals surface area (Å²) in [5, 5.41) is 10.1. The summed E-state index contributed by atoms with van der Waals surface area (Å²) >= 11 is 0. The Labute approximate surface area is 103 Å². The third-order valence-corrected chi connectivity index (χ3v) is 4.39. The van der Waals surface area contributed by atoms with Gasteiger partial charge in [0.15, 0.2) is 0 Å². The fraction of sp³-hybridized carbons (Fsp3) is 0.600. The zero-order valence-electron chi connectivity index (χ0n) is 10.5. The van der Waals surface area contributed by atoms with E-state index >= 15 is 0 Å². The third-order valence-electron chi connectivity index (χ3n) is 4.39. The van der Waals surface area contributed by atoms with Crippen molar-refractivity contribution in [1.82, 2.24) is 4.90 Å². The predicted molar refractivity (Wildman–Crippen MR) is 69.4 cm³/mol. The Kier molecular flexibility index (Phi) is 2.83. The molecule has 1 aromatic rings. The van der Waals surface area contributed by atoms with Crippen molar-refractivity contribution in [3.05, 3.63) is 29.3 Å². The minimum Gasteiger partial charge on any atom is -0.508 e. The standard InChI is InChI=1S/C15H21NO/c1-2-8-16-9-12-7-6-11-4-3-5-14(17)15(11)13(12)10-16/h3-5,12-13,17H,2,6-10H2,1H3/t12-,13+/m0/s1. The molecule has 17 heavy (non-hydrogen) atoms. The molecule has 0 amide bonds. The molecule has 92 valence electrons. The van der Waals surface area contributed by atoms with Gasteiger partial charge in [0.1, 0.15) is 5.75 Å². The topological polar surface area (TPSA) is 23.5 Å². The third kappa shape index (κ3) is 1.85. The summed E-state index contributed by atoms with van der Waals surface area (Å²) in [7, 11) is 0. The molecule has 0 radical (unpaired) electrons. The molecule has 1 N–H and O–H groups in total. The molecule has 0 bridgehead atoms. The number of likely N-dealkylation sites (tertiary alicyclic amines) is 1. The maximum absolute atomic E-state index is 10.1. The molecule has 0 spiro atoms. The van der Waals surface area contributed by atoms with Gasteiger partial charge in [-0.2, -0.15) is 0 Å². The average molecular weight is 231 g/mol. The highest BCUT2D eigenvalue weighted by molar-refractivity contribution is 5.44. The van der Waals surface area contributed by atoms with E-state index in [9.17, 15) is 5.11 Å². The van der Waals surface area contributed by atoms with Crippen LogP contribution < -0.4 is 0 Å². The van der Waals surface area contributed by atoms with E-state index in [1.165, 1.54) is 37.1 Å². The van der Waals surface area contributed by atoms with Crippen molar-refractivity contribution in [2.75, 3.05) is 19.6 Å². The monoisotopic (exact) mass is 231 g/mol. The number of aromatic hydroxyl groups is 1. The summed E-state index contributed by atoms with van der Waals surface area (Å²) in [6, 6.07) is 6.02. The van der Waals surface area contributed by atoms with E-state index < -0.39 is 0 Å². The van der Waals surface area contributed by atoms with Crippen LogP contribution in [-0.2, 0) is 6.42 Å². The quantitative estimate of drug-likeness (QED) is 0.846. The van der Waals surface area contributed by atoms with Crippen LogP contribution in [0.3, 0.4) is 0 Å². The Balaban J connectivity index is 1.91. The molecule has 1 heterocycles. The molecule has 1 aliphatic heterocycles. The lowest BCUT2D eigenvalue weighted by Gasteiger charge is -2.27. The second-order valence-electron chi connectivity index (χ2n) is 5.51. The van der Waals surface area contributed by atoms with Crippen molar-refractivity contribution in [1.29, 1.82) is 0 Å². The molecule has 0 saturated carbocycles. The number of benzene rings is 1. The molecular formula is C15H21NO. The summed E-state index contributed by atoms with van der Waals surface area (Å²) in [4.78, 5) is 2.57. The fourth-order valence-corrected chi connectivity index (χ4v) is 3.67. The summed E-state index contributed by atoms with van der Waals surface area (Å²) in [6.45, 7) is 5.82. The number of phenolic OH excluding ortho intramolecular Hbond substituents is 1. The smallest absolute Gasteiger partial charge is 0.119 e. The average Bonchev–Trinajstić information content (AvgIpc) is 2.72. The molecule has 0 unspecified atom stereocenters. The van der Waals surface area contributed by atoms with Gasteiger partial charge in [0, 0.05) is 24.6 Å². The van der Waals surface area contributed by atoms with Crippen molar-refractivity contribution in [3.8, 4) is 5.75 Å². The van der Waals surface area contributed by atoms with E-state index in [1.54, 1.807) is 0 Å². The van der Waals surface area contributed by atoms with Gasteiger partial charge >= 0.3 is 0 Å². The van der Waals surface area contributed by atoms with Gasteiger partial charge in [-0.15, -0.1) is 0 Å². The molecule has 1 aliphatic carbocycles. The van der Waals surface area contributed by atoms with Gasteiger partial charge in [-0.05, 0) is 43.4 Å². The van der Waals surface area contributed by atoms with Crippen LogP contribution in [0.1, 0.15) is 36.8 Å². The molecule has 2 heteroatoms. The number of hydrogen-bond acceptors (Lipinski definition) is 2. The predicted octanol–water partition coefficient (Wildman–Crippen LogP) is 2.76. The second kappa shape index (κ2) is 4.34. The first kappa shape index (κ1) is 11.1. The Morgan fingerprint density at radius 3 is 3.06 bits per heavy atom. The van der Waals surface area contributed by atoms with Crippen molar-refractivity contribution in [3.63, 3.8) is 0 Å². The lowest BCUT2D eigenvalue weighted by atomic mass is 9.77. The van der Waals surface area contributed by atoms with Crippen molar-refractivity contribution < 1.29 is 5.11 Å². The minimum absolute atomic E-state index is 0.524. The normalized spacial score (nSPS) is 27.8. The number of nitrogens with zero attached hydrogens (tertiary/aromatic N) is 1. The number of rotatable bonds is 2. The summed E-state index contributed by atoms with van der Waals surface area (Å²) in [6.07, 6.45) is 3.67. The van der Waals surface area contributed by atoms with E-state index in [0.717, 1.165) is 18.9 Å². The van der Waals surface area contributed by atoms with E-state index in [4.69, 9.17) is 0 Å². The molecule has 0 aromatic heterocycles. The molecular weight excluding hydrogens is 210 g/mol. The largest absolute Gasteiger partial charge is 0.508 e. The number of aryl methyl sites for hydroxylation is 1. The van der Waals surface area contributed by atoms with Gasteiger partial charge in [-0.1, -0.05) is 19.1 Å². The van der Waals surface area contributed by atoms with Gasteiger partial charge in [0.25, 0.3) is 0 Å². The highest BCUT2D eigenvalue weighted by atomic mass is 16.3. The van der Waals surface area contributed by atoms with Crippen LogP contribution in [0.25, 0.3) is 0 Å². The van der Waals surface area contributed by atoms with Crippen molar-refractivity contribution in [2.24, 2.45) is 5.92 Å². The molecule has 3 rings (SSSR count). The van der Waals surface area contributed by atoms with Gasteiger partial charge in [-0.3, -0.25) is 0 Å². The molecule has 2 atom stereocenters. The van der Waals surface area contributed by atoms with E-state index in [0.29, 0.717) is 11.7 Å². The summed E-state index contributed by atoms with van der Waals surface area (Å²) in [5.74, 6) is 1.87. The first-order chi connectivity index (χ1) is 8.29. The van der Waals surface area contributed by atoms with Crippen molar-refractivity contribution >= 4 is 0 Å². The molecule has 1 saturated heterocycles. The SMILES string of the molecule is CCCN1C[C@@H]2CCc3cccc(O)c3[C@@H]2C1. The lowest BCUT2D eigenvalue weighted by Crippen LogP contribution is -2.21. The summed E-state index contributed by atoms with van der Waals surface area (Å²) in [5.41, 5.74) is 2.63. The molecule has 2 aliphatic rings. The first-order valence-corrected chi connectivity index (χ1v) is 6.82. The van der Waals surface area contributed by atoms with Crippen LogP contribution in [0.15, 0.2) is 18.2 Å². The number of phenols is 1. The molecule has 1 aromatic carbocycles. The Hall–Kier alpha value is -1.02. The minimum atomic E-state index is 0.524. The van der Waals surface area contributed by atoms with Gasteiger partial charge in [-0.25, -0.2) is 0 Å². The zero-order valence-corrected chi connectivity index (χ0v) is 10.5. The van der Waals surface area contributed by atoms with Crippen LogP contribution in [0, 0.1) is 5.92 Å². The van der Waals surface area contributed by atoms with E-state index in [2.05, 4.69) is 17.9 Å². The van der Waals surface area contributed by atoms with Crippen LogP contribution in [0.2, 0.25) is 0 Å². The van der Waals surface area contributed by atoms with Gasteiger partial charge in [0.05, 0.1) is 0 Å². The van der Waals surface area contributed by atoms with Crippen LogP contribution in [0.5, 0.6) is 5.75 Å². The lowest BCUT2D eigenvalue weighted by molar-refractivity contribution is 0.322. The highest BCUT2D eigenvalue weighted by Gasteiger charge is 2.38. The van der Waals surface area contributed by atoms with Crippen LogP contribution in [-0.4, -0.2) is 29.6 Å². The van der Waals surface area contributed by atoms with E-state index in [1.807, 2.05) is 12.1 Å². The number of hydrogen-bond donors (Lipinski definition) is 1. The zero-order chi connectivity index (χ0) is 11.8. The first-order valence-electron chi connectivity index (χ1n) is 6.82. The Morgan fingerprint density at radius 1 is 1.35 bits per heavy atom. The van der Waals surface area contributed by atoms with Gasteiger partial charge in [0.2, 0.25) is 0 Å². The Bertz CT molecular complexity index is 415.